The Bertz CT molecular complexity index is 453. The van der Waals surface area contributed by atoms with Crippen LogP contribution in [0, 0.1) is 0 Å². The topological polar surface area (TPSA) is 95.1 Å². The summed E-state index contributed by atoms with van der Waals surface area (Å²) < 4.78 is 5.25. The highest BCUT2D eigenvalue weighted by molar-refractivity contribution is 5.81. The molecule has 0 atom stereocenters. The molecule has 8 heteroatoms. The Morgan fingerprint density at radius 2 is 1.67 bits per heavy atom. The van der Waals surface area contributed by atoms with Crippen LogP contribution in [0.25, 0.3) is 0 Å². The Balaban J connectivity index is 4.31. The van der Waals surface area contributed by atoms with Gasteiger partial charge in [0.05, 0.1) is 5.54 Å². The van der Waals surface area contributed by atoms with Crippen molar-refractivity contribution in [2.75, 3.05) is 34.2 Å². The van der Waals surface area contributed by atoms with Crippen LogP contribution in [0.15, 0.2) is 4.99 Å². The van der Waals surface area contributed by atoms with E-state index in [4.69, 9.17) is 4.74 Å². The molecule has 0 aromatic carbocycles. The van der Waals surface area contributed by atoms with Crippen LogP contribution in [0.3, 0.4) is 0 Å². The fraction of sp³-hybridized carbons (Fsp3) is 0.812. The number of carbonyl (C=O) groups excluding carboxylic acids is 2. The van der Waals surface area contributed by atoms with Crippen molar-refractivity contribution < 1.29 is 14.3 Å². The van der Waals surface area contributed by atoms with E-state index in [-0.39, 0.29) is 5.91 Å². The quantitative estimate of drug-likeness (QED) is 0.493. The Morgan fingerprint density at radius 3 is 2.12 bits per heavy atom. The van der Waals surface area contributed by atoms with Crippen LogP contribution in [0.4, 0.5) is 4.79 Å². The van der Waals surface area contributed by atoms with Gasteiger partial charge in [-0.25, -0.2) is 4.79 Å². The first-order chi connectivity index (χ1) is 10.9. The maximum Gasteiger partial charge on any atom is 0.408 e. The first kappa shape index (κ1) is 22.0. The molecule has 0 unspecified atom stereocenters. The zero-order valence-corrected chi connectivity index (χ0v) is 16.2. The lowest BCUT2D eigenvalue weighted by Gasteiger charge is -2.29. The predicted octanol–water partition coefficient (Wildman–Crippen LogP) is 0.933. The molecule has 0 aliphatic carbocycles. The molecule has 0 rings (SSSR count). The number of carbonyl (C=O) groups is 2. The highest BCUT2D eigenvalue weighted by atomic mass is 16.6. The lowest BCUT2D eigenvalue weighted by atomic mass is 10.1. The number of rotatable bonds is 6. The normalized spacial score (nSPS) is 12.4. The average molecular weight is 343 g/mol. The van der Waals surface area contributed by atoms with E-state index < -0.39 is 17.2 Å². The number of hydrogen-bond acceptors (Lipinski definition) is 4. The van der Waals surface area contributed by atoms with Crippen molar-refractivity contribution in [3.63, 3.8) is 0 Å². The molecule has 0 radical (unpaired) electrons. The van der Waals surface area contributed by atoms with Crippen molar-refractivity contribution in [3.05, 3.63) is 0 Å². The first-order valence-electron chi connectivity index (χ1n) is 8.02. The van der Waals surface area contributed by atoms with Crippen LogP contribution in [-0.2, 0) is 9.53 Å². The van der Waals surface area contributed by atoms with Crippen LogP contribution >= 0.6 is 0 Å². The van der Waals surface area contributed by atoms with E-state index in [0.29, 0.717) is 25.5 Å². The van der Waals surface area contributed by atoms with Gasteiger partial charge in [0.1, 0.15) is 5.60 Å². The van der Waals surface area contributed by atoms with Crippen molar-refractivity contribution in [1.29, 1.82) is 0 Å². The number of alkyl carbamates (subject to hydrolysis) is 1. The van der Waals surface area contributed by atoms with Crippen molar-refractivity contribution in [2.45, 2.75) is 52.2 Å². The molecule has 0 aromatic rings. The Labute approximate surface area is 145 Å². The van der Waals surface area contributed by atoms with Gasteiger partial charge in [-0.3, -0.25) is 9.79 Å². The molecule has 0 spiro atoms. The van der Waals surface area contributed by atoms with E-state index >= 15 is 0 Å². The van der Waals surface area contributed by atoms with Gasteiger partial charge in [0, 0.05) is 40.7 Å². The number of nitrogens with zero attached hydrogens (tertiary/aromatic N) is 2. The smallest absolute Gasteiger partial charge is 0.408 e. The zero-order chi connectivity index (χ0) is 19.0. The van der Waals surface area contributed by atoms with Crippen LogP contribution < -0.4 is 16.0 Å². The molecule has 140 valence electrons. The number of hydrogen-bond donors (Lipinski definition) is 3. The van der Waals surface area contributed by atoms with Gasteiger partial charge < -0.3 is 25.6 Å². The minimum absolute atomic E-state index is 0.0462. The summed E-state index contributed by atoms with van der Waals surface area (Å²) >= 11 is 0. The predicted molar refractivity (Wildman–Crippen MR) is 96.1 cm³/mol. The monoisotopic (exact) mass is 343 g/mol. The van der Waals surface area contributed by atoms with Gasteiger partial charge in [0.2, 0.25) is 5.91 Å². The number of amides is 2. The number of aliphatic imine (C=N–C) groups is 1. The molecule has 24 heavy (non-hydrogen) atoms. The summed E-state index contributed by atoms with van der Waals surface area (Å²) in [5, 5.41) is 9.01. The van der Waals surface area contributed by atoms with Gasteiger partial charge in [-0.05, 0) is 34.6 Å². The van der Waals surface area contributed by atoms with Crippen LogP contribution in [-0.4, -0.2) is 68.2 Å². The second-order valence-electron chi connectivity index (χ2n) is 7.40. The maximum absolute atomic E-state index is 11.9. The molecule has 0 aromatic heterocycles. The molecule has 8 nitrogen and oxygen atoms in total. The number of ether oxygens (including phenoxy) is 1. The van der Waals surface area contributed by atoms with E-state index in [9.17, 15) is 9.59 Å². The molecule has 0 aliphatic heterocycles. The van der Waals surface area contributed by atoms with E-state index in [1.54, 1.807) is 26.0 Å². The summed E-state index contributed by atoms with van der Waals surface area (Å²) in [6.45, 7) is 10.2. The van der Waals surface area contributed by atoms with Gasteiger partial charge in [0.25, 0.3) is 0 Å². The Kier molecular flexibility index (Phi) is 8.57. The third kappa shape index (κ3) is 10.7. The summed E-state index contributed by atoms with van der Waals surface area (Å²) in [4.78, 5) is 29.0. The maximum atomic E-state index is 11.9. The fourth-order valence-corrected chi connectivity index (χ4v) is 1.66. The zero-order valence-electron chi connectivity index (χ0n) is 16.2. The minimum Gasteiger partial charge on any atom is -0.444 e. The fourth-order valence-electron chi connectivity index (χ4n) is 1.66. The summed E-state index contributed by atoms with van der Waals surface area (Å²) in [5.74, 6) is 0.616. The van der Waals surface area contributed by atoms with Gasteiger partial charge in [-0.1, -0.05) is 0 Å². The number of guanidine groups is 1. The third-order valence-electron chi connectivity index (χ3n) is 2.89. The van der Waals surface area contributed by atoms with Crippen molar-refractivity contribution in [3.8, 4) is 0 Å². The van der Waals surface area contributed by atoms with E-state index in [1.807, 2.05) is 34.6 Å². The highest BCUT2D eigenvalue weighted by Gasteiger charge is 2.24. The highest BCUT2D eigenvalue weighted by Crippen LogP contribution is 2.09. The summed E-state index contributed by atoms with van der Waals surface area (Å²) in [6.07, 6.45) is -0.0819. The van der Waals surface area contributed by atoms with E-state index in [2.05, 4.69) is 20.9 Å². The molecule has 0 saturated heterocycles. The second-order valence-corrected chi connectivity index (χ2v) is 7.40. The molecule has 0 aliphatic rings. The van der Waals surface area contributed by atoms with Gasteiger partial charge >= 0.3 is 6.09 Å². The summed E-state index contributed by atoms with van der Waals surface area (Å²) in [6, 6.07) is 0. The van der Waals surface area contributed by atoms with Crippen LogP contribution in [0.2, 0.25) is 0 Å². The van der Waals surface area contributed by atoms with Gasteiger partial charge in [-0.15, -0.1) is 0 Å². The summed E-state index contributed by atoms with van der Waals surface area (Å²) in [7, 11) is 5.10. The molecule has 2 amide bonds. The lowest BCUT2D eigenvalue weighted by molar-refractivity contribution is -0.128. The van der Waals surface area contributed by atoms with Crippen molar-refractivity contribution >= 4 is 18.0 Å². The standard InChI is InChI=1S/C16H33N5O3/c1-15(2,3)24-14(23)20-16(4,5)11-19-13(17-6)18-10-9-12(22)21(7)8/h9-11H2,1-8H3,(H,20,23)(H2,17,18,19). The molecule has 0 fully saturated rings. The molecule has 0 bridgehead atoms. The number of nitrogens with one attached hydrogen (secondary N) is 3. The SMILES string of the molecule is CN=C(NCCC(=O)N(C)C)NCC(C)(C)NC(=O)OC(C)(C)C. The third-order valence-corrected chi connectivity index (χ3v) is 2.89. The largest absolute Gasteiger partial charge is 0.444 e. The summed E-state index contributed by atoms with van der Waals surface area (Å²) in [5.41, 5.74) is -1.07. The van der Waals surface area contributed by atoms with Crippen molar-refractivity contribution in [1.82, 2.24) is 20.9 Å². The average Bonchev–Trinajstić information content (AvgIpc) is 2.39. The minimum atomic E-state index is -0.538. The molecular weight excluding hydrogens is 310 g/mol. The molecular formula is C16H33N5O3. The van der Waals surface area contributed by atoms with Gasteiger partial charge in [-0.2, -0.15) is 0 Å². The molecule has 3 N–H and O–H groups in total. The van der Waals surface area contributed by atoms with Crippen molar-refractivity contribution in [2.24, 2.45) is 4.99 Å². The van der Waals surface area contributed by atoms with Gasteiger partial charge in [0.15, 0.2) is 5.96 Å². The Hall–Kier alpha value is -1.99. The van der Waals surface area contributed by atoms with Crippen LogP contribution in [0.1, 0.15) is 41.0 Å². The lowest BCUT2D eigenvalue weighted by Crippen LogP contribution is -2.54. The first-order valence-corrected chi connectivity index (χ1v) is 8.02. The van der Waals surface area contributed by atoms with E-state index in [1.165, 1.54) is 0 Å². The Morgan fingerprint density at radius 1 is 1.08 bits per heavy atom. The van der Waals surface area contributed by atoms with E-state index in [0.717, 1.165) is 0 Å². The molecule has 0 heterocycles. The second kappa shape index (κ2) is 9.34. The molecule has 0 saturated carbocycles. The van der Waals surface area contributed by atoms with Crippen LogP contribution in [0.5, 0.6) is 0 Å².